The van der Waals surface area contributed by atoms with Gasteiger partial charge in [0.25, 0.3) is 0 Å². The van der Waals surface area contributed by atoms with E-state index >= 15 is 0 Å². The Kier molecular flexibility index (Phi) is 32.8. The highest BCUT2D eigenvalue weighted by molar-refractivity contribution is 5.32. The molecule has 0 saturated carbocycles. The molecule has 0 aliphatic carbocycles. The molecule has 0 rings (SSSR count). The maximum absolute atomic E-state index is 9.98. The average Bonchev–Trinajstić information content (AvgIpc) is 2.87. The van der Waals surface area contributed by atoms with Crippen molar-refractivity contribution < 1.29 is 4.79 Å². The summed E-state index contributed by atoms with van der Waals surface area (Å²) in [4.78, 5) is 13.6. The summed E-state index contributed by atoms with van der Waals surface area (Å²) < 4.78 is 0. The maximum atomic E-state index is 9.98. The van der Waals surface area contributed by atoms with E-state index in [1.54, 1.807) is 6.08 Å². The van der Waals surface area contributed by atoms with E-state index in [4.69, 9.17) is 0 Å². The number of carbonyl (C=O) groups excluding carboxylic acids is 1. The van der Waals surface area contributed by atoms with Gasteiger partial charge in [0.05, 0.1) is 6.54 Å². The van der Waals surface area contributed by atoms with Gasteiger partial charge in [-0.1, -0.05) is 193 Å². The van der Waals surface area contributed by atoms with E-state index in [1.165, 1.54) is 186 Å². The molecule has 0 aliphatic heterocycles. The van der Waals surface area contributed by atoms with Crippen molar-refractivity contribution in [2.75, 3.05) is 6.54 Å². The summed E-state index contributed by atoms with van der Waals surface area (Å²) in [7, 11) is 0. The molecule has 0 fully saturated rings. The minimum atomic E-state index is 0.670. The van der Waals surface area contributed by atoms with Crippen molar-refractivity contribution in [2.24, 2.45) is 4.99 Å². The van der Waals surface area contributed by atoms with Gasteiger partial charge < -0.3 is 0 Å². The Morgan fingerprint density at radius 3 is 0.743 bits per heavy atom. The molecule has 0 aromatic rings. The second kappa shape index (κ2) is 33.4. The van der Waals surface area contributed by atoms with Gasteiger partial charge >= 0.3 is 0 Å². The van der Waals surface area contributed by atoms with Gasteiger partial charge in [-0.2, -0.15) is 0 Å². The first kappa shape index (κ1) is 34.4. The van der Waals surface area contributed by atoms with Gasteiger partial charge in [0.15, 0.2) is 0 Å². The van der Waals surface area contributed by atoms with E-state index in [0.29, 0.717) is 6.54 Å². The number of hydrogen-bond donors (Lipinski definition) is 0. The zero-order valence-corrected chi connectivity index (χ0v) is 24.3. The van der Waals surface area contributed by atoms with Crippen molar-refractivity contribution in [3.8, 4) is 0 Å². The Bertz CT molecular complexity index is 415. The summed E-state index contributed by atoms with van der Waals surface area (Å²) in [6, 6.07) is 0. The van der Waals surface area contributed by atoms with Crippen LogP contribution >= 0.6 is 0 Å². The van der Waals surface area contributed by atoms with Crippen LogP contribution in [0.2, 0.25) is 0 Å². The fourth-order valence-corrected chi connectivity index (χ4v) is 5.26. The fourth-order valence-electron chi connectivity index (χ4n) is 5.26. The third-order valence-corrected chi connectivity index (χ3v) is 7.69. The van der Waals surface area contributed by atoms with Crippen LogP contribution in [0.5, 0.6) is 0 Å². The molecule has 0 aromatic heterocycles. The Balaban J connectivity index is 3.01. The van der Waals surface area contributed by atoms with E-state index < -0.39 is 0 Å². The van der Waals surface area contributed by atoms with E-state index in [9.17, 15) is 4.79 Å². The highest BCUT2D eigenvalue weighted by Crippen LogP contribution is 2.16. The van der Waals surface area contributed by atoms with E-state index in [1.807, 2.05) is 0 Å². The standard InChI is InChI=1S/C33H65NO/c1-2-3-4-5-6-7-8-9-10-11-12-13-14-15-16-17-18-19-20-21-22-23-24-25-26-27-28-29-30-31-32-34-33-35/h2-32H2,1H3. The highest BCUT2D eigenvalue weighted by atomic mass is 16.1. The summed E-state index contributed by atoms with van der Waals surface area (Å²) in [6.07, 6.45) is 44.5. The van der Waals surface area contributed by atoms with Crippen LogP contribution in [0, 0.1) is 0 Å². The lowest BCUT2D eigenvalue weighted by Gasteiger charge is -2.04. The van der Waals surface area contributed by atoms with Gasteiger partial charge in [-0.05, 0) is 6.42 Å². The second-order valence-corrected chi connectivity index (χ2v) is 11.2. The minimum absolute atomic E-state index is 0.670. The molecule has 35 heavy (non-hydrogen) atoms. The van der Waals surface area contributed by atoms with Crippen LogP contribution in [0.1, 0.15) is 200 Å². The molecule has 0 bridgehead atoms. The number of aliphatic imine (C=N–C) groups is 1. The van der Waals surface area contributed by atoms with Crippen LogP contribution in [0.3, 0.4) is 0 Å². The molecule has 0 heterocycles. The average molecular weight is 492 g/mol. The van der Waals surface area contributed by atoms with Gasteiger partial charge in [-0.25, -0.2) is 9.79 Å². The van der Waals surface area contributed by atoms with E-state index in [0.717, 1.165) is 6.42 Å². The molecule has 0 saturated heterocycles. The van der Waals surface area contributed by atoms with Crippen molar-refractivity contribution in [2.45, 2.75) is 200 Å². The van der Waals surface area contributed by atoms with Crippen molar-refractivity contribution in [3.05, 3.63) is 0 Å². The van der Waals surface area contributed by atoms with Crippen molar-refractivity contribution >= 4 is 6.08 Å². The lowest BCUT2D eigenvalue weighted by Crippen LogP contribution is -1.85. The van der Waals surface area contributed by atoms with Crippen LogP contribution in [-0.4, -0.2) is 12.6 Å². The molecule has 208 valence electrons. The number of nitrogens with zero attached hydrogens (tertiary/aromatic N) is 1. The van der Waals surface area contributed by atoms with Crippen molar-refractivity contribution in [1.82, 2.24) is 0 Å². The molecule has 0 aliphatic rings. The quantitative estimate of drug-likeness (QED) is 0.0538. The van der Waals surface area contributed by atoms with Gasteiger partial charge in [0.2, 0.25) is 6.08 Å². The summed E-state index contributed by atoms with van der Waals surface area (Å²) in [5, 5.41) is 0. The zero-order chi connectivity index (χ0) is 25.3. The Morgan fingerprint density at radius 2 is 0.543 bits per heavy atom. The predicted molar refractivity (Wildman–Crippen MR) is 157 cm³/mol. The summed E-state index contributed by atoms with van der Waals surface area (Å²) >= 11 is 0. The maximum Gasteiger partial charge on any atom is 0.234 e. The molecule has 0 aromatic carbocycles. The third kappa shape index (κ3) is 33.4. The monoisotopic (exact) mass is 492 g/mol. The summed E-state index contributed by atoms with van der Waals surface area (Å²) in [5.74, 6) is 0. The summed E-state index contributed by atoms with van der Waals surface area (Å²) in [6.45, 7) is 2.97. The smallest absolute Gasteiger partial charge is 0.211 e. The van der Waals surface area contributed by atoms with Crippen molar-refractivity contribution in [1.29, 1.82) is 0 Å². The lowest BCUT2D eigenvalue weighted by molar-refractivity contribution is 0.513. The van der Waals surface area contributed by atoms with Crippen LogP contribution in [0.4, 0.5) is 0 Å². The largest absolute Gasteiger partial charge is 0.234 e. The Labute approximate surface area is 221 Å². The van der Waals surface area contributed by atoms with Crippen LogP contribution in [0.25, 0.3) is 0 Å². The van der Waals surface area contributed by atoms with Gasteiger partial charge in [-0.15, -0.1) is 0 Å². The number of unbranched alkanes of at least 4 members (excludes halogenated alkanes) is 29. The number of rotatable bonds is 31. The molecule has 0 amide bonds. The number of hydrogen-bond acceptors (Lipinski definition) is 2. The second-order valence-electron chi connectivity index (χ2n) is 11.2. The van der Waals surface area contributed by atoms with Crippen LogP contribution in [-0.2, 0) is 4.79 Å². The SMILES string of the molecule is CCCCCCCCCCCCCCCCCCCCCCCCCCCCCCCCN=C=O. The first-order valence-corrected chi connectivity index (χ1v) is 16.5. The molecule has 2 heteroatoms. The van der Waals surface area contributed by atoms with E-state index in [-0.39, 0.29) is 0 Å². The molecular formula is C33H65NO. The molecule has 0 spiro atoms. The minimum Gasteiger partial charge on any atom is -0.211 e. The topological polar surface area (TPSA) is 29.4 Å². The molecule has 2 nitrogen and oxygen atoms in total. The molecule has 0 radical (unpaired) electrons. The predicted octanol–water partition coefficient (Wildman–Crippen LogP) is 12.0. The summed E-state index contributed by atoms with van der Waals surface area (Å²) in [5.41, 5.74) is 0. The molecule has 0 N–H and O–H groups in total. The zero-order valence-electron chi connectivity index (χ0n) is 24.3. The molecule has 0 unspecified atom stereocenters. The van der Waals surface area contributed by atoms with Crippen LogP contribution in [0.15, 0.2) is 4.99 Å². The first-order chi connectivity index (χ1) is 17.4. The Hall–Kier alpha value is -0.620. The normalized spacial score (nSPS) is 11.1. The van der Waals surface area contributed by atoms with Gasteiger partial charge in [0.1, 0.15) is 0 Å². The lowest BCUT2D eigenvalue weighted by atomic mass is 10.0. The Morgan fingerprint density at radius 1 is 0.343 bits per heavy atom. The first-order valence-electron chi connectivity index (χ1n) is 16.5. The fraction of sp³-hybridized carbons (Fsp3) is 0.970. The van der Waals surface area contributed by atoms with Gasteiger partial charge in [-0.3, -0.25) is 0 Å². The molecular weight excluding hydrogens is 426 g/mol. The van der Waals surface area contributed by atoms with E-state index in [2.05, 4.69) is 11.9 Å². The van der Waals surface area contributed by atoms with Crippen LogP contribution < -0.4 is 0 Å². The third-order valence-electron chi connectivity index (χ3n) is 7.69. The van der Waals surface area contributed by atoms with Crippen molar-refractivity contribution in [3.63, 3.8) is 0 Å². The number of isocyanates is 1. The highest BCUT2D eigenvalue weighted by Gasteiger charge is 1.97. The van der Waals surface area contributed by atoms with Gasteiger partial charge in [0, 0.05) is 0 Å². The molecule has 0 atom stereocenters.